The summed E-state index contributed by atoms with van der Waals surface area (Å²) < 4.78 is 10.9. The van der Waals surface area contributed by atoms with Gasteiger partial charge in [-0.3, -0.25) is 33.7 Å². The molecule has 2 N–H and O–H groups in total. The molecule has 1 aromatic rings. The Hall–Kier alpha value is -3.41. The average Bonchev–Trinajstić information content (AvgIpc) is 1.67. The number of carboxylic acid groups (broad SMARTS) is 1. The minimum atomic E-state index is -0.913. The van der Waals surface area contributed by atoms with Gasteiger partial charge in [0, 0.05) is 42.3 Å². The zero-order valence-electron chi connectivity index (χ0n) is 81.0. The molecule has 12 heteroatoms. The van der Waals surface area contributed by atoms with E-state index in [4.69, 9.17) is 14.6 Å². The molecule has 129 heavy (non-hydrogen) atoms. The third-order valence-electron chi connectivity index (χ3n) is 25.1. The summed E-state index contributed by atoms with van der Waals surface area (Å²) in [4.78, 5) is 72.7. The highest BCUT2D eigenvalue weighted by Crippen LogP contribution is 2.29. The molecule has 0 aromatic heterocycles. The summed E-state index contributed by atoms with van der Waals surface area (Å²) in [7, 11) is 0. The van der Waals surface area contributed by atoms with Crippen molar-refractivity contribution in [3.63, 3.8) is 0 Å². The smallest absolute Gasteiger partial charge is 0.312 e. The Labute approximate surface area is 820 Å². The van der Waals surface area contributed by atoms with Crippen LogP contribution in [0.25, 0.3) is 0 Å². The van der Waals surface area contributed by atoms with E-state index in [9.17, 15) is 28.8 Å². The predicted molar refractivity (Wildman–Crippen MR) is 592 cm³/mol. The number of carbonyl (C=O) groups is 6. The maximum absolute atomic E-state index is 12.4. The van der Waals surface area contributed by atoms with Gasteiger partial charge in [-0.25, -0.2) is 0 Å². The van der Waals surface area contributed by atoms with E-state index in [2.05, 4.69) is 91.0 Å². The van der Waals surface area contributed by atoms with Crippen molar-refractivity contribution in [3.05, 3.63) is 35.9 Å². The second-order valence-electron chi connectivity index (χ2n) is 37.2. The predicted octanol–water partition coefficient (Wildman–Crippen LogP) is 40.3. The first-order valence-electron chi connectivity index (χ1n) is 50.7. The van der Waals surface area contributed by atoms with Crippen molar-refractivity contribution in [1.29, 1.82) is 0 Å². The van der Waals surface area contributed by atoms with E-state index in [1.165, 1.54) is 364 Å². The lowest BCUT2D eigenvalue weighted by Crippen LogP contribution is -2.35. The van der Waals surface area contributed by atoms with Crippen LogP contribution in [0.3, 0.4) is 0 Å². The minimum absolute atomic E-state index is 0. The van der Waals surface area contributed by atoms with E-state index in [0.29, 0.717) is 43.7 Å². The van der Waals surface area contributed by atoms with Crippen LogP contribution in [0.5, 0.6) is 0 Å². The van der Waals surface area contributed by atoms with Crippen LogP contribution in [0, 0.1) is 40.4 Å². The van der Waals surface area contributed by atoms with Gasteiger partial charge in [0.05, 0.1) is 23.4 Å². The Morgan fingerprint density at radius 3 is 0.946 bits per heavy atom. The van der Waals surface area contributed by atoms with Crippen LogP contribution in [-0.4, -0.2) is 83.4 Å². The van der Waals surface area contributed by atoms with Gasteiger partial charge in [0.25, 0.3) is 0 Å². The van der Waals surface area contributed by atoms with Gasteiger partial charge in [-0.2, -0.15) is 11.8 Å². The number of unbranched alkanes of at least 4 members (excludes halogenated alkanes) is 54. The second kappa shape index (κ2) is 117. The molecule has 1 heterocycles. The largest absolute Gasteiger partial charge is 0.481 e. The fraction of sp³-hybridized carbons (Fsp3) is 0.897. The van der Waals surface area contributed by atoms with Gasteiger partial charge in [0.2, 0.25) is 17.7 Å². The van der Waals surface area contributed by atoms with E-state index in [0.717, 1.165) is 50.9 Å². The Morgan fingerprint density at radius 2 is 0.651 bits per heavy atom. The topological polar surface area (TPSA) is 156 Å². The Kier molecular flexibility index (Phi) is 144. The lowest BCUT2D eigenvalue weighted by molar-refractivity contribution is -0.154. The molecule has 2 rings (SSSR count). The number of nitrogens with one attached hydrogen (secondary N) is 1. The summed E-state index contributed by atoms with van der Waals surface area (Å²) in [5.74, 6) is 0.402. The molecule has 3 amide bonds. The fourth-order valence-corrected chi connectivity index (χ4v) is 15.7. The lowest BCUT2D eigenvalue weighted by Gasteiger charge is -2.23. The Morgan fingerprint density at radius 1 is 0.372 bits per heavy atom. The van der Waals surface area contributed by atoms with Crippen LogP contribution >= 0.6 is 11.8 Å². The van der Waals surface area contributed by atoms with E-state index in [1.807, 2.05) is 48.5 Å². The zero-order chi connectivity index (χ0) is 87.5. The number of likely N-dealkylation sites (tertiary alicyclic amines) is 1. The van der Waals surface area contributed by atoms with Crippen molar-refractivity contribution in [1.82, 2.24) is 10.2 Å². The van der Waals surface area contributed by atoms with E-state index < -0.39 is 28.6 Å². The highest BCUT2D eigenvalue weighted by Gasteiger charge is 2.41. The molecule has 0 spiro atoms. The number of carboxylic acids is 1. The van der Waals surface area contributed by atoms with Crippen molar-refractivity contribution < 1.29 is 43.3 Å². The van der Waals surface area contributed by atoms with Crippen LogP contribution in [0.15, 0.2) is 30.3 Å². The van der Waals surface area contributed by atoms with Gasteiger partial charge in [-0.15, -0.1) is 0 Å². The number of amides is 3. The van der Waals surface area contributed by atoms with Crippen molar-refractivity contribution in [2.24, 2.45) is 40.4 Å². The van der Waals surface area contributed by atoms with E-state index in [-0.39, 0.29) is 131 Å². The Balaban J connectivity index is -0.0000000980. The highest BCUT2D eigenvalue weighted by atomic mass is 32.2. The van der Waals surface area contributed by atoms with Crippen molar-refractivity contribution in [2.45, 2.75) is 611 Å². The zero-order valence-corrected chi connectivity index (χ0v) is 81.8. The van der Waals surface area contributed by atoms with Gasteiger partial charge >= 0.3 is 17.9 Å². The number of benzene rings is 1. The number of esters is 2. The van der Waals surface area contributed by atoms with E-state index in [1.54, 1.807) is 25.6 Å². The molecule has 1 aromatic carbocycles. The molecule has 0 radical (unpaired) electrons. The molecule has 786 valence electrons. The second-order valence-corrected chi connectivity index (χ2v) is 38.3. The molecule has 6 unspecified atom stereocenters. The minimum Gasteiger partial charge on any atom is -0.481 e. The third-order valence-corrected chi connectivity index (χ3v) is 26.4. The molecular weight excluding hydrogens is 1610 g/mol. The number of rotatable bonds is 76. The summed E-state index contributed by atoms with van der Waals surface area (Å²) in [5, 5.41) is 11.8. The first-order valence-corrected chi connectivity index (χ1v) is 51.9. The number of nitrogens with zero attached hydrogens (tertiary/aromatic N) is 1. The highest BCUT2D eigenvalue weighted by molar-refractivity contribution is 7.99. The van der Waals surface area contributed by atoms with Crippen LogP contribution in [0.2, 0.25) is 0 Å². The SMILES string of the molecule is C.C.C.C.C.C.C.C.C.C.C.C.CCC(C)c1ccccc1.CCCCCCCCCCCCCCCCC(C)CC.CCCCCCCCCCCCCCCCCCOC(=O)C(C)(C)CSCCOC(=O)C(C)(C)CC.CCCCCCCCCCCCCCCCN1C(=O)C(C)C(C)C1=O.CCCCCCCCCCCCCCCCNC(=O)C(C)C(C)C(=O)O. The maximum Gasteiger partial charge on any atom is 0.312 e. The summed E-state index contributed by atoms with van der Waals surface area (Å²) in [5.41, 5.74) is 0.498. The third kappa shape index (κ3) is 100. The van der Waals surface area contributed by atoms with Crippen molar-refractivity contribution >= 4 is 47.4 Å². The number of carbonyl (C=O) groups excluding carboxylic acids is 5. The number of hydrogen-bond donors (Lipinski definition) is 2. The maximum atomic E-state index is 12.4. The molecule has 0 bridgehead atoms. The molecule has 0 aliphatic carbocycles. The number of ether oxygens (including phenoxy) is 2. The Bertz CT molecular complexity index is 2330. The van der Waals surface area contributed by atoms with Crippen LogP contribution in [0.4, 0.5) is 0 Å². The fourth-order valence-electron chi connectivity index (χ4n) is 14.7. The molecule has 6 atom stereocenters. The summed E-state index contributed by atoms with van der Waals surface area (Å²) >= 11 is 1.64. The van der Waals surface area contributed by atoms with E-state index >= 15 is 0 Å². The van der Waals surface area contributed by atoms with Gasteiger partial charge in [0.1, 0.15) is 6.61 Å². The van der Waals surface area contributed by atoms with Gasteiger partial charge in [0.15, 0.2) is 0 Å². The standard InChI is InChI=1S/C31H60O4S.C22H43NO3.C22H41NO2.C20H42.C10H14.12CH4/c1-7-9-10-11-12-13-14-15-16-17-18-19-20-21-22-23-24-34-29(33)31(5,6)27-36-26-25-35-28(32)30(3,4)8-2;1-4-5-6-7-8-9-10-11-12-13-14-15-16-17-18-23-21(24)19(2)20(3)22(25)26;1-4-5-6-7-8-9-10-11-12-13-14-15-16-17-18-23-21(24)19(2)20(3)22(23)25;1-4-6-7-8-9-10-11-12-13-14-15-16-17-18-19-20(3)5-2;1-3-9(2)10-7-5-4-6-8-10;;;;;;;;;;;;/h7-27H2,1-6H3;19-20H,4-18H2,1-3H3,(H,23,24)(H,25,26);19-20H,4-18H2,1-3H3;20H,4-19H2,1-3H3;4-9H,3H2,1-2H3;12*1H4. The molecule has 11 nitrogen and oxygen atoms in total. The molecule has 1 aliphatic rings. The van der Waals surface area contributed by atoms with Crippen LogP contribution < -0.4 is 5.32 Å². The number of imide groups is 1. The molecule has 1 saturated heterocycles. The molecular formula is C117H248N2O9S. The molecule has 1 aliphatic heterocycles. The van der Waals surface area contributed by atoms with Crippen molar-refractivity contribution in [3.8, 4) is 0 Å². The quantitative estimate of drug-likeness (QED) is 0.0366. The molecule has 1 fully saturated rings. The summed E-state index contributed by atoms with van der Waals surface area (Å²) in [6.07, 6.45) is 83.8. The van der Waals surface area contributed by atoms with Gasteiger partial charge in [-0.1, -0.05) is 575 Å². The summed E-state index contributed by atoms with van der Waals surface area (Å²) in [6.45, 7) is 37.2. The lowest BCUT2D eigenvalue weighted by atomic mass is 9.91. The number of aliphatic carboxylic acids is 1. The van der Waals surface area contributed by atoms with Gasteiger partial charge < -0.3 is 19.9 Å². The van der Waals surface area contributed by atoms with Gasteiger partial charge in [-0.05, 0) is 77.2 Å². The van der Waals surface area contributed by atoms with Crippen molar-refractivity contribution in [2.75, 3.05) is 37.8 Å². The molecule has 0 saturated carbocycles. The number of thioether (sulfide) groups is 1. The first kappa shape index (κ1) is 159. The average molecular weight is 1860 g/mol. The first-order chi connectivity index (χ1) is 56.4. The van der Waals surface area contributed by atoms with Crippen LogP contribution in [0.1, 0.15) is 616 Å². The summed E-state index contributed by atoms with van der Waals surface area (Å²) in [6, 6.07) is 10.6. The normalized spacial score (nSPS) is 13.0. The van der Waals surface area contributed by atoms with Crippen LogP contribution in [-0.2, 0) is 38.2 Å². The number of hydrogen-bond acceptors (Lipinski definition) is 9. The monoisotopic (exact) mass is 1860 g/mol.